The number of methoxy groups -OCH3 is 1. The molecular weight excluding hydrogens is 304 g/mol. The number of benzene rings is 1. The highest BCUT2D eigenvalue weighted by atomic mass is 35.5. The maximum atomic E-state index is 12.3. The van der Waals surface area contributed by atoms with Crippen molar-refractivity contribution in [3.63, 3.8) is 0 Å². The number of rotatable bonds is 6. The fraction of sp³-hybridized carbons (Fsp3) is 0.562. The number of nitrogens with two attached hydrogens (primary N) is 1. The first-order valence-corrected chi connectivity index (χ1v) is 7.36. The van der Waals surface area contributed by atoms with Crippen molar-refractivity contribution in [1.29, 1.82) is 0 Å². The molecule has 0 saturated heterocycles. The van der Waals surface area contributed by atoms with Gasteiger partial charge >= 0.3 is 0 Å². The molecule has 0 radical (unpaired) electrons. The summed E-state index contributed by atoms with van der Waals surface area (Å²) in [5, 5.41) is 0. The van der Waals surface area contributed by atoms with Gasteiger partial charge in [-0.25, -0.2) is 0 Å². The third-order valence-corrected chi connectivity index (χ3v) is 4.02. The molecule has 1 aliphatic carbocycles. The zero-order valence-corrected chi connectivity index (χ0v) is 14.0. The topological polar surface area (TPSA) is 64.8 Å². The zero-order valence-electron chi connectivity index (χ0n) is 13.2. The molecule has 0 atom stereocenters. The Kier molecular flexibility index (Phi) is 6.97. The smallest absolute Gasteiger partial charge is 0.242 e. The number of likely N-dealkylation sites (N-methyl/N-ethyl adjacent to an activating group) is 1. The second-order valence-electron chi connectivity index (χ2n) is 5.61. The van der Waals surface area contributed by atoms with Crippen LogP contribution in [0.25, 0.3) is 0 Å². The van der Waals surface area contributed by atoms with Gasteiger partial charge in [0.05, 0.1) is 19.2 Å². The molecule has 124 valence electrons. The molecule has 0 bridgehead atoms. The molecule has 0 heterocycles. The second kappa shape index (κ2) is 8.25. The van der Waals surface area contributed by atoms with Crippen molar-refractivity contribution >= 4 is 18.3 Å². The van der Waals surface area contributed by atoms with E-state index in [2.05, 4.69) is 0 Å². The third kappa shape index (κ3) is 4.52. The van der Waals surface area contributed by atoms with E-state index in [-0.39, 0.29) is 18.3 Å². The maximum Gasteiger partial charge on any atom is 0.242 e. The Bertz CT molecular complexity index is 473. The molecule has 1 aromatic carbocycles. The first-order chi connectivity index (χ1) is 10.0. The molecule has 1 aromatic rings. The molecule has 2 N–H and O–H groups in total. The number of hydrogen-bond acceptors (Lipinski definition) is 4. The molecule has 0 unspecified atom stereocenters. The van der Waals surface area contributed by atoms with Crippen molar-refractivity contribution in [3.8, 4) is 11.5 Å². The highest BCUT2D eigenvalue weighted by Gasteiger charge is 2.38. The molecule has 22 heavy (non-hydrogen) atoms. The van der Waals surface area contributed by atoms with Crippen LogP contribution in [0.2, 0.25) is 0 Å². The summed E-state index contributed by atoms with van der Waals surface area (Å²) < 4.78 is 10.7. The number of halogens is 1. The Morgan fingerprint density at radius 3 is 2.32 bits per heavy atom. The van der Waals surface area contributed by atoms with Crippen molar-refractivity contribution in [1.82, 2.24) is 4.90 Å². The van der Waals surface area contributed by atoms with E-state index in [0.717, 1.165) is 37.2 Å². The fourth-order valence-electron chi connectivity index (χ4n) is 2.67. The molecule has 0 aliphatic heterocycles. The Balaban J connectivity index is 0.00000242. The van der Waals surface area contributed by atoms with Crippen molar-refractivity contribution in [2.45, 2.75) is 31.2 Å². The van der Waals surface area contributed by atoms with E-state index in [4.69, 9.17) is 15.2 Å². The van der Waals surface area contributed by atoms with E-state index >= 15 is 0 Å². The van der Waals surface area contributed by atoms with Gasteiger partial charge in [-0.15, -0.1) is 12.4 Å². The van der Waals surface area contributed by atoms with Crippen LogP contribution in [0.1, 0.15) is 25.7 Å². The van der Waals surface area contributed by atoms with E-state index < -0.39 is 5.54 Å². The first kappa shape index (κ1) is 18.6. The molecule has 1 fully saturated rings. The monoisotopic (exact) mass is 328 g/mol. The minimum Gasteiger partial charge on any atom is -0.497 e. The molecular formula is C16H25ClN2O3. The SMILES string of the molecule is COc1ccc(OCCN(C)C(=O)C2(N)CCCC2)cc1.Cl. The molecule has 0 aromatic heterocycles. The van der Waals surface area contributed by atoms with Crippen molar-refractivity contribution in [3.05, 3.63) is 24.3 Å². The average molecular weight is 329 g/mol. The summed E-state index contributed by atoms with van der Waals surface area (Å²) in [4.78, 5) is 14.0. The highest BCUT2D eigenvalue weighted by molar-refractivity contribution is 5.86. The zero-order chi connectivity index (χ0) is 15.3. The lowest BCUT2D eigenvalue weighted by molar-refractivity contribution is -0.135. The van der Waals surface area contributed by atoms with Crippen LogP contribution in [0.5, 0.6) is 11.5 Å². The summed E-state index contributed by atoms with van der Waals surface area (Å²) in [7, 11) is 3.41. The Labute approximate surface area is 138 Å². The molecule has 1 amide bonds. The van der Waals surface area contributed by atoms with E-state index in [1.165, 1.54) is 0 Å². The van der Waals surface area contributed by atoms with Gasteiger partial charge in [0.2, 0.25) is 5.91 Å². The van der Waals surface area contributed by atoms with Crippen LogP contribution >= 0.6 is 12.4 Å². The molecule has 5 nitrogen and oxygen atoms in total. The van der Waals surface area contributed by atoms with Crippen LogP contribution in [0, 0.1) is 0 Å². The minimum absolute atomic E-state index is 0. The van der Waals surface area contributed by atoms with Crippen molar-refractivity contribution < 1.29 is 14.3 Å². The lowest BCUT2D eigenvalue weighted by Crippen LogP contribution is -2.53. The van der Waals surface area contributed by atoms with Gasteiger partial charge in [0.25, 0.3) is 0 Å². The second-order valence-corrected chi connectivity index (χ2v) is 5.61. The van der Waals surface area contributed by atoms with Crippen LogP contribution in [0.3, 0.4) is 0 Å². The Morgan fingerprint density at radius 1 is 1.23 bits per heavy atom. The summed E-state index contributed by atoms with van der Waals surface area (Å²) in [6.45, 7) is 0.981. The van der Waals surface area contributed by atoms with E-state index in [1.807, 2.05) is 24.3 Å². The van der Waals surface area contributed by atoms with E-state index in [9.17, 15) is 4.79 Å². The standard InChI is InChI=1S/C16H24N2O3.ClH/c1-18(15(19)16(17)9-3-4-10-16)11-12-21-14-7-5-13(20-2)6-8-14;/h5-8H,3-4,9-12,17H2,1-2H3;1H. The molecule has 6 heteroatoms. The fourth-order valence-corrected chi connectivity index (χ4v) is 2.67. The number of nitrogens with zero attached hydrogens (tertiary/aromatic N) is 1. The van der Waals surface area contributed by atoms with E-state index in [0.29, 0.717) is 13.2 Å². The number of amides is 1. The Morgan fingerprint density at radius 2 is 1.77 bits per heavy atom. The van der Waals surface area contributed by atoms with Gasteiger partial charge in [0, 0.05) is 7.05 Å². The molecule has 2 rings (SSSR count). The van der Waals surface area contributed by atoms with Crippen LogP contribution in [-0.4, -0.2) is 43.7 Å². The largest absolute Gasteiger partial charge is 0.497 e. The minimum atomic E-state index is -0.658. The van der Waals surface area contributed by atoms with Crippen molar-refractivity contribution in [2.24, 2.45) is 5.73 Å². The van der Waals surface area contributed by atoms with Gasteiger partial charge in [-0.05, 0) is 37.1 Å². The lowest BCUT2D eigenvalue weighted by Gasteiger charge is -2.28. The van der Waals surface area contributed by atoms with Gasteiger partial charge in [-0.2, -0.15) is 0 Å². The van der Waals surface area contributed by atoms with Crippen LogP contribution in [0.15, 0.2) is 24.3 Å². The molecule has 0 spiro atoms. The number of hydrogen-bond donors (Lipinski definition) is 1. The third-order valence-electron chi connectivity index (χ3n) is 4.02. The summed E-state index contributed by atoms with van der Waals surface area (Å²) in [5.74, 6) is 1.58. The molecule has 1 saturated carbocycles. The quantitative estimate of drug-likeness (QED) is 0.869. The van der Waals surface area contributed by atoms with Crippen LogP contribution in [0.4, 0.5) is 0 Å². The van der Waals surface area contributed by atoms with Gasteiger partial charge in [-0.1, -0.05) is 12.8 Å². The first-order valence-electron chi connectivity index (χ1n) is 7.36. The predicted molar refractivity (Wildman–Crippen MR) is 88.8 cm³/mol. The van der Waals surface area contributed by atoms with Crippen LogP contribution in [-0.2, 0) is 4.79 Å². The molecule has 1 aliphatic rings. The summed E-state index contributed by atoms with van der Waals surface area (Å²) in [5.41, 5.74) is 5.51. The maximum absolute atomic E-state index is 12.3. The predicted octanol–water partition coefficient (Wildman–Crippen LogP) is 2.23. The number of carbonyl (C=O) groups is 1. The van der Waals surface area contributed by atoms with Gasteiger partial charge in [-0.3, -0.25) is 4.79 Å². The van der Waals surface area contributed by atoms with Gasteiger partial charge < -0.3 is 20.1 Å². The number of ether oxygens (including phenoxy) is 2. The van der Waals surface area contributed by atoms with Crippen molar-refractivity contribution in [2.75, 3.05) is 27.3 Å². The highest BCUT2D eigenvalue weighted by Crippen LogP contribution is 2.28. The van der Waals surface area contributed by atoms with Gasteiger partial charge in [0.1, 0.15) is 18.1 Å². The Hall–Kier alpha value is -1.46. The van der Waals surface area contributed by atoms with Crippen LogP contribution < -0.4 is 15.2 Å². The number of carbonyl (C=O) groups excluding carboxylic acids is 1. The van der Waals surface area contributed by atoms with Gasteiger partial charge in [0.15, 0.2) is 0 Å². The lowest BCUT2D eigenvalue weighted by atomic mass is 9.97. The summed E-state index contributed by atoms with van der Waals surface area (Å²) in [6.07, 6.45) is 3.65. The summed E-state index contributed by atoms with van der Waals surface area (Å²) in [6, 6.07) is 7.39. The average Bonchev–Trinajstić information content (AvgIpc) is 2.95. The normalized spacial score (nSPS) is 15.8. The van der Waals surface area contributed by atoms with E-state index in [1.54, 1.807) is 19.1 Å². The summed E-state index contributed by atoms with van der Waals surface area (Å²) >= 11 is 0.